The van der Waals surface area contributed by atoms with Gasteiger partial charge in [-0.1, -0.05) is 29.8 Å². The lowest BCUT2D eigenvalue weighted by Gasteiger charge is -2.12. The number of hydrogen-bond acceptors (Lipinski definition) is 5. The Morgan fingerprint density at radius 2 is 1.78 bits per heavy atom. The first-order valence-electron chi connectivity index (χ1n) is 11.5. The summed E-state index contributed by atoms with van der Waals surface area (Å²) in [4.78, 5) is 18.4. The Morgan fingerprint density at radius 3 is 2.53 bits per heavy atom. The van der Waals surface area contributed by atoms with Crippen molar-refractivity contribution in [3.05, 3.63) is 105 Å². The minimum atomic E-state index is -0.208. The van der Waals surface area contributed by atoms with Crippen LogP contribution < -0.4 is 15.0 Å². The summed E-state index contributed by atoms with van der Waals surface area (Å²) in [6.45, 7) is 6.10. The summed E-state index contributed by atoms with van der Waals surface area (Å²) in [5.74, 6) is 1.31. The molecule has 7 nitrogen and oxygen atoms in total. The van der Waals surface area contributed by atoms with Crippen molar-refractivity contribution in [3.8, 4) is 28.4 Å². The van der Waals surface area contributed by atoms with E-state index in [-0.39, 0.29) is 5.56 Å². The van der Waals surface area contributed by atoms with E-state index in [9.17, 15) is 4.79 Å². The van der Waals surface area contributed by atoms with Crippen LogP contribution in [0.3, 0.4) is 0 Å². The number of methoxy groups -OCH3 is 1. The van der Waals surface area contributed by atoms with Crippen molar-refractivity contribution in [1.82, 2.24) is 19.2 Å². The molecule has 0 spiro atoms. The molecule has 2 aromatic carbocycles. The molecular weight excluding hydrogens is 476 g/mol. The summed E-state index contributed by atoms with van der Waals surface area (Å²) in [5.41, 5.74) is 5.59. The quantitative estimate of drug-likeness (QED) is 0.298. The van der Waals surface area contributed by atoms with Gasteiger partial charge in [0, 0.05) is 16.9 Å². The van der Waals surface area contributed by atoms with Gasteiger partial charge in [0.15, 0.2) is 11.4 Å². The molecule has 3 heterocycles. The van der Waals surface area contributed by atoms with Gasteiger partial charge in [0.05, 0.1) is 24.1 Å². The third-order valence-electron chi connectivity index (χ3n) is 6.10. The summed E-state index contributed by atoms with van der Waals surface area (Å²) in [6.07, 6.45) is 1.69. The largest absolute Gasteiger partial charge is 0.497 e. The molecule has 0 saturated heterocycles. The zero-order valence-corrected chi connectivity index (χ0v) is 21.2. The molecule has 3 aromatic heterocycles. The Morgan fingerprint density at radius 1 is 1.00 bits per heavy atom. The molecule has 5 rings (SSSR count). The number of rotatable bonds is 6. The van der Waals surface area contributed by atoms with Crippen molar-refractivity contribution in [2.75, 3.05) is 7.11 Å². The van der Waals surface area contributed by atoms with Crippen LogP contribution in [-0.4, -0.2) is 26.3 Å². The van der Waals surface area contributed by atoms with Crippen LogP contribution >= 0.6 is 11.6 Å². The molecule has 0 aliphatic rings. The van der Waals surface area contributed by atoms with Gasteiger partial charge in [-0.05, 0) is 74.4 Å². The summed E-state index contributed by atoms with van der Waals surface area (Å²) in [5, 5.41) is 5.38. The molecule has 0 radical (unpaired) electrons. The second kappa shape index (κ2) is 9.51. The van der Waals surface area contributed by atoms with Crippen molar-refractivity contribution in [1.29, 1.82) is 0 Å². The Balaban J connectivity index is 1.53. The molecule has 0 aliphatic heterocycles. The number of halogens is 1. The van der Waals surface area contributed by atoms with Gasteiger partial charge >= 0.3 is 0 Å². The highest BCUT2D eigenvalue weighted by Crippen LogP contribution is 2.26. The monoisotopic (exact) mass is 500 g/mol. The average Bonchev–Trinajstić information content (AvgIpc) is 3.25. The van der Waals surface area contributed by atoms with E-state index in [4.69, 9.17) is 31.2 Å². The molecule has 0 fully saturated rings. The first kappa shape index (κ1) is 23.6. The second-order valence-corrected chi connectivity index (χ2v) is 9.03. The Labute approximate surface area is 213 Å². The summed E-state index contributed by atoms with van der Waals surface area (Å²) in [6, 6.07) is 18.8. The summed E-state index contributed by atoms with van der Waals surface area (Å²) < 4.78 is 14.6. The third-order valence-corrected chi connectivity index (χ3v) is 6.33. The van der Waals surface area contributed by atoms with E-state index in [0.29, 0.717) is 40.0 Å². The van der Waals surface area contributed by atoms with E-state index in [0.717, 1.165) is 28.3 Å². The fraction of sp³-hybridized carbons (Fsp3) is 0.179. The SMILES string of the molecule is COc1ccc(COc2cccn3c(=O)c(-c4cc(C)n(-c5cc(Cl)ccc5C)n4)c(C)nc23)cc1. The topological polar surface area (TPSA) is 70.7 Å². The maximum Gasteiger partial charge on any atom is 0.267 e. The third kappa shape index (κ3) is 4.33. The second-order valence-electron chi connectivity index (χ2n) is 8.59. The number of fused-ring (bicyclic) bond motifs is 1. The average molecular weight is 501 g/mol. The highest BCUT2D eigenvalue weighted by molar-refractivity contribution is 6.30. The van der Waals surface area contributed by atoms with Gasteiger partial charge in [-0.2, -0.15) is 5.10 Å². The number of hydrogen-bond donors (Lipinski definition) is 0. The molecule has 182 valence electrons. The van der Waals surface area contributed by atoms with Gasteiger partial charge in [-0.15, -0.1) is 0 Å². The highest BCUT2D eigenvalue weighted by atomic mass is 35.5. The Hall–Kier alpha value is -4.10. The van der Waals surface area contributed by atoms with Crippen LogP contribution in [0.5, 0.6) is 11.5 Å². The minimum Gasteiger partial charge on any atom is -0.497 e. The first-order valence-corrected chi connectivity index (χ1v) is 11.8. The van der Waals surface area contributed by atoms with E-state index in [1.54, 1.807) is 24.1 Å². The maximum atomic E-state index is 13.6. The Bertz CT molecular complexity index is 1640. The summed E-state index contributed by atoms with van der Waals surface area (Å²) in [7, 11) is 1.63. The van der Waals surface area contributed by atoms with E-state index in [1.165, 1.54) is 4.40 Å². The smallest absolute Gasteiger partial charge is 0.267 e. The molecule has 0 saturated carbocycles. The predicted molar refractivity (Wildman–Crippen MR) is 141 cm³/mol. The fourth-order valence-corrected chi connectivity index (χ4v) is 4.35. The number of aryl methyl sites for hydroxylation is 3. The highest BCUT2D eigenvalue weighted by Gasteiger charge is 2.19. The van der Waals surface area contributed by atoms with Crippen molar-refractivity contribution in [2.24, 2.45) is 0 Å². The van der Waals surface area contributed by atoms with Crippen LogP contribution in [0.4, 0.5) is 0 Å². The van der Waals surface area contributed by atoms with Crippen LogP contribution in [0.15, 0.2) is 71.7 Å². The van der Waals surface area contributed by atoms with Gasteiger partial charge in [0.2, 0.25) is 0 Å². The molecule has 36 heavy (non-hydrogen) atoms. The molecule has 0 N–H and O–H groups in total. The van der Waals surface area contributed by atoms with Crippen LogP contribution in [0.1, 0.15) is 22.5 Å². The number of benzene rings is 2. The zero-order valence-electron chi connectivity index (χ0n) is 20.4. The molecule has 0 atom stereocenters. The molecule has 0 amide bonds. The molecule has 0 bridgehead atoms. The number of pyridine rings is 1. The fourth-order valence-electron chi connectivity index (χ4n) is 4.18. The molecule has 0 unspecified atom stereocenters. The van der Waals surface area contributed by atoms with E-state index in [2.05, 4.69) is 0 Å². The predicted octanol–water partition coefficient (Wildman–Crippen LogP) is 5.71. The van der Waals surface area contributed by atoms with Crippen molar-refractivity contribution >= 4 is 17.2 Å². The van der Waals surface area contributed by atoms with Gasteiger partial charge in [-0.25, -0.2) is 9.67 Å². The van der Waals surface area contributed by atoms with E-state index in [1.807, 2.05) is 75.4 Å². The van der Waals surface area contributed by atoms with Gasteiger partial charge in [0.25, 0.3) is 5.56 Å². The molecule has 0 aliphatic carbocycles. The maximum absolute atomic E-state index is 13.6. The lowest BCUT2D eigenvalue weighted by Crippen LogP contribution is -2.19. The lowest BCUT2D eigenvalue weighted by molar-refractivity contribution is 0.307. The van der Waals surface area contributed by atoms with Crippen LogP contribution in [0, 0.1) is 20.8 Å². The normalized spacial score (nSPS) is 11.1. The van der Waals surface area contributed by atoms with Crippen molar-refractivity contribution in [3.63, 3.8) is 0 Å². The number of ether oxygens (including phenoxy) is 2. The van der Waals surface area contributed by atoms with E-state index < -0.39 is 0 Å². The number of nitrogens with zero attached hydrogens (tertiary/aromatic N) is 4. The van der Waals surface area contributed by atoms with Gasteiger partial charge in [0.1, 0.15) is 18.1 Å². The first-order chi connectivity index (χ1) is 17.4. The van der Waals surface area contributed by atoms with Crippen LogP contribution in [-0.2, 0) is 6.61 Å². The molecule has 5 aromatic rings. The van der Waals surface area contributed by atoms with Crippen molar-refractivity contribution in [2.45, 2.75) is 27.4 Å². The van der Waals surface area contributed by atoms with Crippen LogP contribution in [0.2, 0.25) is 5.02 Å². The van der Waals surface area contributed by atoms with Crippen molar-refractivity contribution < 1.29 is 9.47 Å². The van der Waals surface area contributed by atoms with Gasteiger partial charge < -0.3 is 9.47 Å². The summed E-state index contributed by atoms with van der Waals surface area (Å²) >= 11 is 6.23. The molecule has 8 heteroatoms. The lowest BCUT2D eigenvalue weighted by atomic mass is 10.1. The van der Waals surface area contributed by atoms with E-state index >= 15 is 0 Å². The number of aromatic nitrogens is 4. The zero-order chi connectivity index (χ0) is 25.4. The standard InChI is InChI=1S/C28H25ClN4O3/c1-17-7-10-21(29)15-24(17)33-18(2)14-23(31-33)26-19(3)30-27-25(6-5-13-32(27)28(26)34)36-16-20-8-11-22(35-4)12-9-20/h5-15H,16H2,1-4H3. The Kier molecular flexibility index (Phi) is 6.24. The minimum absolute atomic E-state index is 0.208. The van der Waals surface area contributed by atoms with Gasteiger partial charge in [-0.3, -0.25) is 9.20 Å². The van der Waals surface area contributed by atoms with Crippen LogP contribution in [0.25, 0.3) is 22.6 Å². The molecular formula is C28H25ClN4O3.